The Bertz CT molecular complexity index is 477. The third kappa shape index (κ3) is 4.82. The Hall–Kier alpha value is 2.67. The monoisotopic (exact) mass is 392 g/mol. The Morgan fingerprint density at radius 3 is 0.947 bits per heavy atom. The second kappa shape index (κ2) is 7.49. The van der Waals surface area contributed by atoms with Crippen LogP contribution >= 0.6 is 0 Å². The molecule has 0 spiro atoms. The normalized spacial score (nSPS) is 14.3. The summed E-state index contributed by atoms with van der Waals surface area (Å²) < 4.78 is 128. The summed E-state index contributed by atoms with van der Waals surface area (Å²) in [6.45, 7) is 0. The van der Waals surface area contributed by atoms with Crippen LogP contribution in [0.15, 0.2) is 0 Å². The minimum atomic E-state index is -7.08. The van der Waals surface area contributed by atoms with Gasteiger partial charge in [0.15, 0.2) is 0 Å². The summed E-state index contributed by atoms with van der Waals surface area (Å²) in [6, 6.07) is 0. The number of alkyl halides is 6. The summed E-state index contributed by atoms with van der Waals surface area (Å²) in [7, 11) is -14.1. The first-order valence-corrected chi connectivity index (χ1v) is 5.95. The minimum absolute atomic E-state index is 0. The van der Waals surface area contributed by atoms with Crippen molar-refractivity contribution in [3.63, 3.8) is 0 Å². The van der Waals surface area contributed by atoms with E-state index in [4.69, 9.17) is 9.11 Å². The molecule has 0 heterocycles. The molecule has 19 heavy (non-hydrogen) atoms. The van der Waals surface area contributed by atoms with Crippen molar-refractivity contribution >= 4 is 20.2 Å². The minimum Gasteiger partial charge on any atom is -1.00 e. The first-order chi connectivity index (χ1) is 7.00. The van der Waals surface area contributed by atoms with Gasteiger partial charge in [-0.1, -0.05) is 0 Å². The van der Waals surface area contributed by atoms with Crippen molar-refractivity contribution in [2.45, 2.75) is 16.4 Å². The number of rotatable bonds is 4. The molecule has 0 aliphatic rings. The molecular formula is C3H4F6K2O6S2. The molecule has 0 amide bonds. The van der Waals surface area contributed by atoms with Gasteiger partial charge in [-0.3, -0.25) is 9.11 Å². The average Bonchev–Trinajstić information content (AvgIpc) is 1.98. The Morgan fingerprint density at radius 1 is 0.684 bits per heavy atom. The van der Waals surface area contributed by atoms with Crippen LogP contribution in [0.25, 0.3) is 0 Å². The molecule has 0 saturated heterocycles. The van der Waals surface area contributed by atoms with E-state index in [1.807, 2.05) is 0 Å². The van der Waals surface area contributed by atoms with Crippen LogP contribution in [-0.2, 0) is 20.2 Å². The third-order valence-electron chi connectivity index (χ3n) is 1.38. The van der Waals surface area contributed by atoms with E-state index in [0.29, 0.717) is 0 Å². The van der Waals surface area contributed by atoms with E-state index in [-0.39, 0.29) is 106 Å². The van der Waals surface area contributed by atoms with E-state index < -0.39 is 36.7 Å². The van der Waals surface area contributed by atoms with Crippen LogP contribution in [0.3, 0.4) is 0 Å². The van der Waals surface area contributed by atoms with Gasteiger partial charge in [0.2, 0.25) is 0 Å². The maximum absolute atomic E-state index is 12.4. The van der Waals surface area contributed by atoms with Crippen LogP contribution in [0.2, 0.25) is 0 Å². The fraction of sp³-hybridized carbons (Fsp3) is 1.00. The van der Waals surface area contributed by atoms with Crippen LogP contribution in [0.4, 0.5) is 26.3 Å². The molecule has 2 N–H and O–H groups in total. The SMILES string of the molecule is O=S(=O)(O)C(F)(F)C(F)(F)C(F)(F)S(=O)(=O)O.[H-].[H-].[K+].[K+]. The molecule has 0 aromatic carbocycles. The van der Waals surface area contributed by atoms with E-state index in [2.05, 4.69) is 0 Å². The summed E-state index contributed by atoms with van der Waals surface area (Å²) >= 11 is 0. The Morgan fingerprint density at radius 2 is 0.842 bits per heavy atom. The zero-order valence-electron chi connectivity index (χ0n) is 11.1. The summed E-state index contributed by atoms with van der Waals surface area (Å²) in [5, 5.41) is -13.6. The van der Waals surface area contributed by atoms with E-state index in [0.717, 1.165) is 0 Å². The van der Waals surface area contributed by atoms with Crippen LogP contribution in [0.1, 0.15) is 2.85 Å². The molecule has 0 aliphatic carbocycles. The maximum atomic E-state index is 12.4. The van der Waals surface area contributed by atoms with Crippen molar-refractivity contribution in [2.24, 2.45) is 0 Å². The predicted molar refractivity (Wildman–Crippen MR) is 40.2 cm³/mol. The van der Waals surface area contributed by atoms with Gasteiger partial charge in [-0.2, -0.15) is 43.2 Å². The van der Waals surface area contributed by atoms with Gasteiger partial charge in [-0.25, -0.2) is 0 Å². The van der Waals surface area contributed by atoms with Crippen molar-refractivity contribution in [3.8, 4) is 0 Å². The fourth-order valence-corrected chi connectivity index (χ4v) is 1.46. The molecular weight excluding hydrogens is 388 g/mol. The molecule has 0 bridgehead atoms. The van der Waals surface area contributed by atoms with E-state index >= 15 is 0 Å². The van der Waals surface area contributed by atoms with Gasteiger partial charge < -0.3 is 2.85 Å². The predicted octanol–water partition coefficient (Wildman–Crippen LogP) is -5.18. The van der Waals surface area contributed by atoms with Gasteiger partial charge in [0.1, 0.15) is 0 Å². The Kier molecular flexibility index (Phi) is 10.5. The summed E-state index contributed by atoms with van der Waals surface area (Å²) in [4.78, 5) is 0. The summed E-state index contributed by atoms with van der Waals surface area (Å²) in [6.07, 6.45) is 0. The molecule has 0 unspecified atom stereocenters. The molecule has 0 fully saturated rings. The number of hydrogen-bond acceptors (Lipinski definition) is 4. The first kappa shape index (κ1) is 26.6. The first-order valence-electron chi connectivity index (χ1n) is 3.07. The van der Waals surface area contributed by atoms with E-state index in [1.54, 1.807) is 0 Å². The summed E-state index contributed by atoms with van der Waals surface area (Å²) in [5.74, 6) is -7.08. The van der Waals surface area contributed by atoms with Gasteiger partial charge in [-0.15, -0.1) is 0 Å². The van der Waals surface area contributed by atoms with Crippen molar-refractivity contribution in [1.29, 1.82) is 0 Å². The molecule has 108 valence electrons. The average molecular weight is 392 g/mol. The molecule has 0 atom stereocenters. The zero-order valence-corrected chi connectivity index (χ0v) is 17.0. The van der Waals surface area contributed by atoms with Gasteiger partial charge in [0.05, 0.1) is 0 Å². The van der Waals surface area contributed by atoms with Crippen LogP contribution in [0, 0.1) is 0 Å². The second-order valence-corrected chi connectivity index (χ2v) is 5.48. The maximum Gasteiger partial charge on any atom is 1.00 e. The van der Waals surface area contributed by atoms with Crippen LogP contribution < -0.4 is 103 Å². The Labute approximate surface area is 191 Å². The molecule has 0 aromatic rings. The topological polar surface area (TPSA) is 109 Å². The molecule has 6 nitrogen and oxygen atoms in total. The van der Waals surface area contributed by atoms with E-state index in [9.17, 15) is 43.2 Å². The molecule has 0 saturated carbocycles. The number of halogens is 6. The van der Waals surface area contributed by atoms with Gasteiger partial charge in [0.25, 0.3) is 0 Å². The van der Waals surface area contributed by atoms with Gasteiger partial charge >= 0.3 is 139 Å². The largest absolute Gasteiger partial charge is 1.00 e. The quantitative estimate of drug-likeness (QED) is 0.281. The molecule has 0 rings (SSSR count). The van der Waals surface area contributed by atoms with E-state index in [1.165, 1.54) is 0 Å². The molecule has 16 heteroatoms. The zero-order chi connectivity index (χ0) is 14.5. The van der Waals surface area contributed by atoms with Crippen molar-refractivity contribution in [2.75, 3.05) is 0 Å². The molecule has 0 radical (unpaired) electrons. The summed E-state index contributed by atoms with van der Waals surface area (Å²) in [5.41, 5.74) is 0. The Balaban J connectivity index is -0.000000213. The van der Waals surface area contributed by atoms with Crippen molar-refractivity contribution < 1.29 is 158 Å². The van der Waals surface area contributed by atoms with Gasteiger partial charge in [0, 0.05) is 0 Å². The smallest absolute Gasteiger partial charge is 1.00 e. The number of hydrogen-bond donors (Lipinski definition) is 2. The second-order valence-electron chi connectivity index (χ2n) is 2.56. The molecule has 0 aromatic heterocycles. The van der Waals surface area contributed by atoms with Crippen LogP contribution in [0.5, 0.6) is 0 Å². The standard InChI is InChI=1S/C3H2F6O6S2.2K.2H/c4-1(5,2(6,7)16(10,11)12)3(8,9)17(13,14)15;;;;/h(H,10,11,12)(H,13,14,15);;;;/q;2*+1;2*-1. The van der Waals surface area contributed by atoms with Crippen molar-refractivity contribution in [3.05, 3.63) is 0 Å². The molecule has 0 aliphatic heterocycles. The van der Waals surface area contributed by atoms with Gasteiger partial charge in [-0.05, 0) is 0 Å². The van der Waals surface area contributed by atoms with Crippen molar-refractivity contribution in [1.82, 2.24) is 0 Å². The third-order valence-corrected chi connectivity index (χ3v) is 3.19. The van der Waals surface area contributed by atoms with Crippen LogP contribution in [-0.4, -0.2) is 42.4 Å². The fourth-order valence-electron chi connectivity index (χ4n) is 0.493.